The lowest BCUT2D eigenvalue weighted by atomic mass is 10.3. The predicted molar refractivity (Wildman–Crippen MR) is 80.3 cm³/mol. The average Bonchev–Trinajstić information content (AvgIpc) is 2.46. The molecule has 6 heteroatoms. The number of hydrogen-bond acceptors (Lipinski definition) is 5. The Labute approximate surface area is 123 Å². The van der Waals surface area contributed by atoms with Gasteiger partial charge in [0.05, 0.1) is 6.61 Å². The van der Waals surface area contributed by atoms with E-state index in [1.807, 2.05) is 6.07 Å². The molecule has 0 atom stereocenters. The summed E-state index contributed by atoms with van der Waals surface area (Å²) in [4.78, 5) is 13.2. The van der Waals surface area contributed by atoms with Crippen LogP contribution in [-0.4, -0.2) is 59.5 Å². The maximum Gasteiger partial charge on any atom is 0.218 e. The van der Waals surface area contributed by atoms with Crippen LogP contribution in [0.4, 0.5) is 5.82 Å². The van der Waals surface area contributed by atoms with Crippen LogP contribution in [0.15, 0.2) is 12.4 Å². The fourth-order valence-electron chi connectivity index (χ4n) is 2.11. The van der Waals surface area contributed by atoms with E-state index in [1.165, 1.54) is 0 Å². The molecular weight excluding hydrogens is 308 g/mol. The van der Waals surface area contributed by atoms with Crippen LogP contribution >= 0.6 is 15.9 Å². The van der Waals surface area contributed by atoms with Gasteiger partial charge in [0, 0.05) is 44.1 Å². The Bertz CT molecular complexity index is 383. The second-order valence-corrected chi connectivity index (χ2v) is 5.37. The molecule has 0 aliphatic carbocycles. The minimum Gasteiger partial charge on any atom is -0.478 e. The van der Waals surface area contributed by atoms with E-state index in [0.29, 0.717) is 12.5 Å². The molecule has 106 valence electrons. The number of piperazine rings is 1. The molecule has 19 heavy (non-hydrogen) atoms. The third-order valence-corrected chi connectivity index (χ3v) is 3.53. The van der Waals surface area contributed by atoms with Crippen LogP contribution in [0, 0.1) is 0 Å². The number of anilines is 1. The molecule has 1 aliphatic rings. The lowest BCUT2D eigenvalue weighted by molar-refractivity contribution is 0.272. The summed E-state index contributed by atoms with van der Waals surface area (Å²) < 4.78 is 5.55. The average molecular weight is 329 g/mol. The van der Waals surface area contributed by atoms with Crippen molar-refractivity contribution < 1.29 is 4.74 Å². The summed E-state index contributed by atoms with van der Waals surface area (Å²) in [6.45, 7) is 8.10. The molecule has 0 N–H and O–H groups in total. The first-order chi connectivity index (χ1) is 9.33. The van der Waals surface area contributed by atoms with Crippen LogP contribution in [0.25, 0.3) is 0 Å². The van der Waals surface area contributed by atoms with Crippen LogP contribution in [0.5, 0.6) is 5.88 Å². The van der Waals surface area contributed by atoms with Gasteiger partial charge in [0.15, 0.2) is 0 Å². The zero-order chi connectivity index (χ0) is 13.5. The zero-order valence-electron chi connectivity index (χ0n) is 11.4. The standard InChI is InChI=1S/C13H21BrN4O/c1-2-9-19-13-10-12(15-11-16-13)18-7-5-17(4-3-14)6-8-18/h10-11H,2-9H2,1H3. The molecule has 5 nitrogen and oxygen atoms in total. The summed E-state index contributed by atoms with van der Waals surface area (Å²) in [6, 6.07) is 1.94. The molecular formula is C13H21BrN4O. The molecule has 0 unspecified atom stereocenters. The van der Waals surface area contributed by atoms with E-state index in [2.05, 4.69) is 42.6 Å². The van der Waals surface area contributed by atoms with Gasteiger partial charge in [-0.2, -0.15) is 0 Å². The van der Waals surface area contributed by atoms with Gasteiger partial charge >= 0.3 is 0 Å². The summed E-state index contributed by atoms with van der Waals surface area (Å²) in [5.41, 5.74) is 0. The summed E-state index contributed by atoms with van der Waals surface area (Å²) in [6.07, 6.45) is 2.58. The molecule has 0 spiro atoms. The van der Waals surface area contributed by atoms with E-state index in [0.717, 1.165) is 50.3 Å². The van der Waals surface area contributed by atoms with Crippen molar-refractivity contribution >= 4 is 21.7 Å². The Kier molecular flexibility index (Phi) is 5.85. The van der Waals surface area contributed by atoms with Gasteiger partial charge in [-0.3, -0.25) is 4.90 Å². The normalized spacial score (nSPS) is 16.6. The van der Waals surface area contributed by atoms with Crippen LogP contribution in [0.3, 0.4) is 0 Å². The van der Waals surface area contributed by atoms with Gasteiger partial charge in [0.2, 0.25) is 5.88 Å². The first kappa shape index (κ1) is 14.5. The molecule has 0 saturated carbocycles. The van der Waals surface area contributed by atoms with E-state index in [9.17, 15) is 0 Å². The predicted octanol–water partition coefficient (Wildman–Crippen LogP) is 1.78. The molecule has 1 aliphatic heterocycles. The highest BCUT2D eigenvalue weighted by Gasteiger charge is 2.17. The SMILES string of the molecule is CCCOc1cc(N2CCN(CCBr)CC2)ncn1. The summed E-state index contributed by atoms with van der Waals surface area (Å²) in [5, 5.41) is 1.04. The summed E-state index contributed by atoms with van der Waals surface area (Å²) in [5.74, 6) is 1.65. The zero-order valence-corrected chi connectivity index (χ0v) is 13.0. The van der Waals surface area contributed by atoms with Gasteiger partial charge in [-0.1, -0.05) is 22.9 Å². The molecule has 0 amide bonds. The summed E-state index contributed by atoms with van der Waals surface area (Å²) >= 11 is 3.49. The molecule has 0 radical (unpaired) electrons. The molecule has 2 rings (SSSR count). The summed E-state index contributed by atoms with van der Waals surface area (Å²) in [7, 11) is 0. The smallest absolute Gasteiger partial charge is 0.218 e. The number of aromatic nitrogens is 2. The van der Waals surface area contributed by atoms with Gasteiger partial charge in [0.1, 0.15) is 12.1 Å². The Morgan fingerprint density at radius 1 is 1.26 bits per heavy atom. The van der Waals surface area contributed by atoms with Crippen molar-refractivity contribution in [2.24, 2.45) is 0 Å². The van der Waals surface area contributed by atoms with E-state index in [1.54, 1.807) is 6.33 Å². The largest absolute Gasteiger partial charge is 0.478 e. The van der Waals surface area contributed by atoms with Crippen LogP contribution in [-0.2, 0) is 0 Å². The van der Waals surface area contributed by atoms with Crippen LogP contribution in [0.2, 0.25) is 0 Å². The first-order valence-corrected chi connectivity index (χ1v) is 7.93. The van der Waals surface area contributed by atoms with Crippen molar-refractivity contribution in [3.8, 4) is 5.88 Å². The van der Waals surface area contributed by atoms with Crippen molar-refractivity contribution in [1.29, 1.82) is 0 Å². The van der Waals surface area contributed by atoms with E-state index in [4.69, 9.17) is 4.74 Å². The number of halogens is 1. The highest BCUT2D eigenvalue weighted by molar-refractivity contribution is 9.09. The van der Waals surface area contributed by atoms with Crippen LogP contribution < -0.4 is 9.64 Å². The lowest BCUT2D eigenvalue weighted by Gasteiger charge is -2.35. The molecule has 2 heterocycles. The lowest BCUT2D eigenvalue weighted by Crippen LogP contribution is -2.47. The van der Waals surface area contributed by atoms with Crippen molar-refractivity contribution in [1.82, 2.24) is 14.9 Å². The minimum atomic E-state index is 0.676. The number of rotatable bonds is 6. The number of nitrogens with zero attached hydrogens (tertiary/aromatic N) is 4. The van der Waals surface area contributed by atoms with E-state index >= 15 is 0 Å². The van der Waals surface area contributed by atoms with Crippen molar-refractivity contribution in [2.45, 2.75) is 13.3 Å². The molecule has 1 saturated heterocycles. The van der Waals surface area contributed by atoms with Crippen LogP contribution in [0.1, 0.15) is 13.3 Å². The topological polar surface area (TPSA) is 41.5 Å². The maximum atomic E-state index is 5.55. The monoisotopic (exact) mass is 328 g/mol. The number of alkyl halides is 1. The number of hydrogen-bond donors (Lipinski definition) is 0. The Morgan fingerprint density at radius 3 is 2.74 bits per heavy atom. The molecule has 0 aromatic carbocycles. The minimum absolute atomic E-state index is 0.676. The third kappa shape index (κ3) is 4.31. The van der Waals surface area contributed by atoms with E-state index in [-0.39, 0.29) is 0 Å². The fraction of sp³-hybridized carbons (Fsp3) is 0.692. The van der Waals surface area contributed by atoms with Gasteiger partial charge in [-0.05, 0) is 6.42 Å². The van der Waals surface area contributed by atoms with E-state index < -0.39 is 0 Å². The first-order valence-electron chi connectivity index (χ1n) is 6.81. The molecule has 1 aromatic rings. The second-order valence-electron chi connectivity index (χ2n) is 4.58. The third-order valence-electron chi connectivity index (χ3n) is 3.18. The molecule has 1 aromatic heterocycles. The van der Waals surface area contributed by atoms with Gasteiger partial charge in [-0.25, -0.2) is 9.97 Å². The second kappa shape index (κ2) is 7.65. The molecule has 1 fully saturated rings. The fourth-order valence-corrected chi connectivity index (χ4v) is 2.61. The van der Waals surface area contributed by atoms with Crippen molar-refractivity contribution in [2.75, 3.05) is 49.6 Å². The Hall–Kier alpha value is -0.880. The maximum absolute atomic E-state index is 5.55. The Balaban J connectivity index is 1.91. The Morgan fingerprint density at radius 2 is 2.05 bits per heavy atom. The number of ether oxygens (including phenoxy) is 1. The molecule has 0 bridgehead atoms. The quantitative estimate of drug-likeness (QED) is 0.744. The van der Waals surface area contributed by atoms with Gasteiger partial charge in [0.25, 0.3) is 0 Å². The van der Waals surface area contributed by atoms with Crippen molar-refractivity contribution in [3.05, 3.63) is 12.4 Å². The highest BCUT2D eigenvalue weighted by atomic mass is 79.9. The van der Waals surface area contributed by atoms with Gasteiger partial charge in [-0.15, -0.1) is 0 Å². The van der Waals surface area contributed by atoms with Gasteiger partial charge < -0.3 is 9.64 Å². The van der Waals surface area contributed by atoms with Crippen molar-refractivity contribution in [3.63, 3.8) is 0 Å². The highest BCUT2D eigenvalue weighted by Crippen LogP contribution is 2.17.